The number of carbonyl (C=O) groups is 1. The Labute approximate surface area is 134 Å². The first kappa shape index (κ1) is 16.8. The van der Waals surface area contributed by atoms with Gasteiger partial charge in [-0.1, -0.05) is 13.0 Å². The molecule has 0 saturated carbocycles. The largest absolute Gasteiger partial charge is 0.336 e. The highest BCUT2D eigenvalue weighted by molar-refractivity contribution is 5.89. The maximum atomic E-state index is 12.0. The van der Waals surface area contributed by atoms with E-state index in [1.807, 2.05) is 18.2 Å². The zero-order valence-electron chi connectivity index (χ0n) is 14.3. The Hall–Kier alpha value is -1.55. The van der Waals surface area contributed by atoms with Crippen LogP contribution in [-0.2, 0) is 0 Å². The summed E-state index contributed by atoms with van der Waals surface area (Å²) in [6.45, 7) is 11.6. The number of carbonyl (C=O) groups excluding carboxylic acids is 1. The number of nitrogens with zero attached hydrogens (tertiary/aromatic N) is 1. The van der Waals surface area contributed by atoms with Crippen LogP contribution in [0.4, 0.5) is 10.5 Å². The highest BCUT2D eigenvalue weighted by Crippen LogP contribution is 2.18. The number of piperidine rings is 1. The number of hydrogen-bond donors (Lipinski definition) is 2. The lowest BCUT2D eigenvalue weighted by atomic mass is 9.98. The molecule has 2 amide bonds. The third-order valence-corrected chi connectivity index (χ3v) is 4.76. The topological polar surface area (TPSA) is 44.4 Å². The number of hydrogen-bond acceptors (Lipinski definition) is 2. The van der Waals surface area contributed by atoms with Crippen LogP contribution in [0.3, 0.4) is 0 Å². The molecule has 4 heteroatoms. The third-order valence-electron chi connectivity index (χ3n) is 4.76. The fourth-order valence-corrected chi connectivity index (χ4v) is 2.83. The molecule has 1 unspecified atom stereocenters. The number of urea groups is 1. The van der Waals surface area contributed by atoms with Crippen LogP contribution in [0, 0.1) is 19.8 Å². The molecular weight excluding hydrogens is 274 g/mol. The lowest BCUT2D eigenvalue weighted by molar-refractivity contribution is 0.146. The monoisotopic (exact) mass is 303 g/mol. The van der Waals surface area contributed by atoms with Gasteiger partial charge in [0.15, 0.2) is 0 Å². The van der Waals surface area contributed by atoms with Crippen molar-refractivity contribution in [3.63, 3.8) is 0 Å². The van der Waals surface area contributed by atoms with Crippen LogP contribution < -0.4 is 10.6 Å². The van der Waals surface area contributed by atoms with Crippen molar-refractivity contribution in [2.45, 2.75) is 46.6 Å². The van der Waals surface area contributed by atoms with Crippen molar-refractivity contribution in [1.29, 1.82) is 0 Å². The molecule has 4 nitrogen and oxygen atoms in total. The molecule has 2 N–H and O–H groups in total. The van der Waals surface area contributed by atoms with Crippen molar-refractivity contribution < 1.29 is 4.79 Å². The van der Waals surface area contributed by atoms with Crippen molar-refractivity contribution in [2.24, 2.45) is 5.92 Å². The van der Waals surface area contributed by atoms with E-state index in [0.29, 0.717) is 12.6 Å². The van der Waals surface area contributed by atoms with Crippen LogP contribution in [0.1, 0.15) is 37.8 Å². The molecule has 0 radical (unpaired) electrons. The van der Waals surface area contributed by atoms with Gasteiger partial charge in [0.05, 0.1) is 0 Å². The van der Waals surface area contributed by atoms with Gasteiger partial charge in [-0.3, -0.25) is 4.90 Å². The summed E-state index contributed by atoms with van der Waals surface area (Å²) in [5.74, 6) is 0.837. The molecular formula is C18H29N3O. The fourth-order valence-electron chi connectivity index (χ4n) is 2.83. The number of aryl methyl sites for hydroxylation is 2. The Bertz CT molecular complexity index is 507. The normalized spacial score (nSPS) is 18.0. The quantitative estimate of drug-likeness (QED) is 0.893. The zero-order valence-corrected chi connectivity index (χ0v) is 14.3. The van der Waals surface area contributed by atoms with Gasteiger partial charge in [-0.15, -0.1) is 0 Å². The van der Waals surface area contributed by atoms with E-state index in [1.165, 1.54) is 24.0 Å². The third kappa shape index (κ3) is 4.73. The SMILES string of the molecule is Cc1ccc(NC(=O)NCC(C)N2CCC(C)CC2)cc1C. The molecule has 1 saturated heterocycles. The standard InChI is InChI=1S/C18H29N3O/c1-13-7-9-21(10-8-13)16(4)12-19-18(22)20-17-6-5-14(2)15(3)11-17/h5-6,11,13,16H,7-10,12H2,1-4H3,(H2,19,20,22). The Balaban J connectivity index is 1.76. The van der Waals surface area contributed by atoms with E-state index in [2.05, 4.69) is 43.2 Å². The van der Waals surface area contributed by atoms with Crippen LogP contribution in [0.25, 0.3) is 0 Å². The second-order valence-electron chi connectivity index (χ2n) is 6.70. The number of benzene rings is 1. The fraction of sp³-hybridized carbons (Fsp3) is 0.611. The predicted molar refractivity (Wildman–Crippen MR) is 92.4 cm³/mol. The van der Waals surface area contributed by atoms with Gasteiger partial charge in [0.25, 0.3) is 0 Å². The van der Waals surface area contributed by atoms with Gasteiger partial charge in [0.1, 0.15) is 0 Å². The second-order valence-corrected chi connectivity index (χ2v) is 6.70. The van der Waals surface area contributed by atoms with Crippen molar-refractivity contribution in [3.05, 3.63) is 29.3 Å². The maximum Gasteiger partial charge on any atom is 0.319 e. The zero-order chi connectivity index (χ0) is 16.1. The minimum absolute atomic E-state index is 0.125. The maximum absolute atomic E-state index is 12.0. The van der Waals surface area contributed by atoms with E-state index in [9.17, 15) is 4.79 Å². The summed E-state index contributed by atoms with van der Waals surface area (Å²) in [6.07, 6.45) is 2.53. The van der Waals surface area contributed by atoms with Gasteiger partial charge in [-0.05, 0) is 75.9 Å². The Morgan fingerprint density at radius 2 is 1.95 bits per heavy atom. The summed E-state index contributed by atoms with van der Waals surface area (Å²) in [5, 5.41) is 5.89. The number of anilines is 1. The summed E-state index contributed by atoms with van der Waals surface area (Å²) in [4.78, 5) is 14.5. The molecule has 1 aromatic carbocycles. The highest BCUT2D eigenvalue weighted by atomic mass is 16.2. The molecule has 0 spiro atoms. The summed E-state index contributed by atoms with van der Waals surface area (Å²) in [5.41, 5.74) is 3.27. The molecule has 1 aliphatic heterocycles. The molecule has 22 heavy (non-hydrogen) atoms. The minimum atomic E-state index is -0.125. The number of likely N-dealkylation sites (tertiary alicyclic amines) is 1. The highest BCUT2D eigenvalue weighted by Gasteiger charge is 2.20. The van der Waals surface area contributed by atoms with Crippen molar-refractivity contribution in [3.8, 4) is 0 Å². The van der Waals surface area contributed by atoms with E-state index in [1.54, 1.807) is 0 Å². The van der Waals surface area contributed by atoms with Gasteiger partial charge in [-0.2, -0.15) is 0 Å². The Morgan fingerprint density at radius 3 is 2.59 bits per heavy atom. The van der Waals surface area contributed by atoms with Gasteiger partial charge < -0.3 is 10.6 Å². The number of amides is 2. The first-order valence-corrected chi connectivity index (χ1v) is 8.32. The molecule has 1 aromatic rings. The van der Waals surface area contributed by atoms with Crippen molar-refractivity contribution in [2.75, 3.05) is 25.0 Å². The van der Waals surface area contributed by atoms with E-state index >= 15 is 0 Å². The summed E-state index contributed by atoms with van der Waals surface area (Å²) < 4.78 is 0. The smallest absolute Gasteiger partial charge is 0.319 e. The van der Waals surface area contributed by atoms with Crippen molar-refractivity contribution >= 4 is 11.7 Å². The van der Waals surface area contributed by atoms with Crippen LogP contribution in [-0.4, -0.2) is 36.6 Å². The van der Waals surface area contributed by atoms with Crippen molar-refractivity contribution in [1.82, 2.24) is 10.2 Å². The average molecular weight is 303 g/mol. The van der Waals surface area contributed by atoms with Gasteiger partial charge in [0, 0.05) is 18.3 Å². The predicted octanol–water partition coefficient (Wildman–Crippen LogP) is 3.55. The summed E-state index contributed by atoms with van der Waals surface area (Å²) in [6, 6.07) is 6.24. The van der Waals surface area contributed by atoms with Crippen LogP contribution >= 0.6 is 0 Å². The van der Waals surface area contributed by atoms with Gasteiger partial charge >= 0.3 is 6.03 Å². The Kier molecular flexibility index (Phi) is 5.83. The van der Waals surface area contributed by atoms with E-state index in [0.717, 1.165) is 24.7 Å². The molecule has 1 aliphatic rings. The van der Waals surface area contributed by atoms with E-state index in [-0.39, 0.29) is 6.03 Å². The first-order valence-electron chi connectivity index (χ1n) is 8.32. The van der Waals surface area contributed by atoms with Crippen LogP contribution in [0.5, 0.6) is 0 Å². The number of nitrogens with one attached hydrogen (secondary N) is 2. The summed E-state index contributed by atoms with van der Waals surface area (Å²) in [7, 11) is 0. The van der Waals surface area contributed by atoms with E-state index in [4.69, 9.17) is 0 Å². The summed E-state index contributed by atoms with van der Waals surface area (Å²) >= 11 is 0. The lowest BCUT2D eigenvalue weighted by Gasteiger charge is -2.34. The lowest BCUT2D eigenvalue weighted by Crippen LogP contribution is -2.46. The first-order chi connectivity index (χ1) is 10.5. The van der Waals surface area contributed by atoms with Crippen LogP contribution in [0.15, 0.2) is 18.2 Å². The molecule has 2 rings (SSSR count). The van der Waals surface area contributed by atoms with E-state index < -0.39 is 0 Å². The average Bonchev–Trinajstić information content (AvgIpc) is 2.49. The molecule has 1 fully saturated rings. The Morgan fingerprint density at radius 1 is 1.27 bits per heavy atom. The molecule has 0 bridgehead atoms. The minimum Gasteiger partial charge on any atom is -0.336 e. The second kappa shape index (κ2) is 7.63. The molecule has 122 valence electrons. The molecule has 0 aliphatic carbocycles. The molecule has 1 heterocycles. The molecule has 1 atom stereocenters. The van der Waals surface area contributed by atoms with Gasteiger partial charge in [0.2, 0.25) is 0 Å². The molecule has 0 aromatic heterocycles. The van der Waals surface area contributed by atoms with Gasteiger partial charge in [-0.25, -0.2) is 4.79 Å². The van der Waals surface area contributed by atoms with Crippen LogP contribution in [0.2, 0.25) is 0 Å². The number of rotatable bonds is 4.